The van der Waals surface area contributed by atoms with Gasteiger partial charge in [0.2, 0.25) is 0 Å². The molecule has 1 atom stereocenters. The summed E-state index contributed by atoms with van der Waals surface area (Å²) >= 11 is 0. The van der Waals surface area contributed by atoms with Crippen molar-refractivity contribution in [1.29, 1.82) is 0 Å². The first-order valence-corrected chi connectivity index (χ1v) is 6.82. The Morgan fingerprint density at radius 1 is 1.53 bits per heavy atom. The summed E-state index contributed by atoms with van der Waals surface area (Å²) in [5.41, 5.74) is 0.785. The standard InChI is InChI=1S/C15H21NO3/c1-11(17)13-6-3-7-14(8-13)19-10-15(18)16-9-12-4-2-5-12/h3,6-8,11-12,17H,2,4-5,9-10H2,1H3,(H,16,18). The summed E-state index contributed by atoms with van der Waals surface area (Å²) in [4.78, 5) is 11.6. The van der Waals surface area contributed by atoms with E-state index in [2.05, 4.69) is 5.32 Å². The highest BCUT2D eigenvalue weighted by atomic mass is 16.5. The van der Waals surface area contributed by atoms with E-state index in [1.165, 1.54) is 19.3 Å². The van der Waals surface area contributed by atoms with Crippen molar-refractivity contribution < 1.29 is 14.6 Å². The quantitative estimate of drug-likeness (QED) is 0.825. The van der Waals surface area contributed by atoms with Crippen LogP contribution in [0.4, 0.5) is 0 Å². The molecule has 1 saturated carbocycles. The first-order valence-electron chi connectivity index (χ1n) is 6.82. The van der Waals surface area contributed by atoms with Gasteiger partial charge in [0.1, 0.15) is 5.75 Å². The molecule has 104 valence electrons. The van der Waals surface area contributed by atoms with Crippen LogP contribution < -0.4 is 10.1 Å². The van der Waals surface area contributed by atoms with Crippen LogP contribution in [0.15, 0.2) is 24.3 Å². The van der Waals surface area contributed by atoms with Crippen molar-refractivity contribution in [2.24, 2.45) is 5.92 Å². The molecular weight excluding hydrogens is 242 g/mol. The number of hydrogen-bond acceptors (Lipinski definition) is 3. The normalized spacial score (nSPS) is 16.5. The fraction of sp³-hybridized carbons (Fsp3) is 0.533. The van der Waals surface area contributed by atoms with Crippen molar-refractivity contribution in [3.05, 3.63) is 29.8 Å². The zero-order chi connectivity index (χ0) is 13.7. The summed E-state index contributed by atoms with van der Waals surface area (Å²) in [6.45, 7) is 2.48. The Bertz CT molecular complexity index is 427. The summed E-state index contributed by atoms with van der Waals surface area (Å²) in [6.07, 6.45) is 3.19. The average molecular weight is 263 g/mol. The van der Waals surface area contributed by atoms with Crippen LogP contribution in [-0.2, 0) is 4.79 Å². The molecule has 0 heterocycles. The van der Waals surface area contributed by atoms with Crippen molar-refractivity contribution in [2.45, 2.75) is 32.3 Å². The largest absolute Gasteiger partial charge is 0.484 e. The molecule has 1 unspecified atom stereocenters. The van der Waals surface area contributed by atoms with Gasteiger partial charge in [-0.2, -0.15) is 0 Å². The maximum absolute atomic E-state index is 11.6. The molecule has 0 aliphatic heterocycles. The third-order valence-electron chi connectivity index (χ3n) is 3.52. The third kappa shape index (κ3) is 4.24. The van der Waals surface area contributed by atoms with E-state index in [-0.39, 0.29) is 12.5 Å². The molecule has 1 aromatic rings. The lowest BCUT2D eigenvalue weighted by Crippen LogP contribution is -2.35. The first kappa shape index (κ1) is 13.9. The number of ether oxygens (including phenoxy) is 1. The molecule has 0 bridgehead atoms. The summed E-state index contributed by atoms with van der Waals surface area (Å²) in [5.74, 6) is 1.18. The van der Waals surface area contributed by atoms with E-state index in [1.54, 1.807) is 19.1 Å². The second kappa shape index (κ2) is 6.57. The number of benzene rings is 1. The molecule has 1 aliphatic carbocycles. The highest BCUT2D eigenvalue weighted by Gasteiger charge is 2.17. The summed E-state index contributed by atoms with van der Waals surface area (Å²) in [6, 6.07) is 7.17. The lowest BCUT2D eigenvalue weighted by Gasteiger charge is -2.25. The van der Waals surface area contributed by atoms with Gasteiger partial charge in [-0.25, -0.2) is 0 Å². The van der Waals surface area contributed by atoms with E-state index in [1.807, 2.05) is 12.1 Å². The van der Waals surface area contributed by atoms with Gasteiger partial charge >= 0.3 is 0 Å². The maximum atomic E-state index is 11.6. The van der Waals surface area contributed by atoms with Gasteiger partial charge < -0.3 is 15.2 Å². The van der Waals surface area contributed by atoms with Crippen LogP contribution in [0, 0.1) is 5.92 Å². The Morgan fingerprint density at radius 2 is 2.32 bits per heavy atom. The predicted molar refractivity (Wildman–Crippen MR) is 72.9 cm³/mol. The highest BCUT2D eigenvalue weighted by molar-refractivity contribution is 5.77. The zero-order valence-corrected chi connectivity index (χ0v) is 11.3. The van der Waals surface area contributed by atoms with Crippen LogP contribution in [0.25, 0.3) is 0 Å². The van der Waals surface area contributed by atoms with Gasteiger partial charge in [0.15, 0.2) is 6.61 Å². The third-order valence-corrected chi connectivity index (χ3v) is 3.52. The average Bonchev–Trinajstić information content (AvgIpc) is 2.35. The summed E-state index contributed by atoms with van der Waals surface area (Å²) in [5, 5.41) is 12.3. The molecule has 0 radical (unpaired) electrons. The number of carbonyl (C=O) groups excluding carboxylic acids is 1. The van der Waals surface area contributed by atoms with Crippen molar-refractivity contribution in [3.63, 3.8) is 0 Å². The highest BCUT2D eigenvalue weighted by Crippen LogP contribution is 2.25. The van der Waals surface area contributed by atoms with Crippen LogP contribution >= 0.6 is 0 Å². The minimum atomic E-state index is -0.531. The lowest BCUT2D eigenvalue weighted by molar-refractivity contribution is -0.123. The molecule has 2 N–H and O–H groups in total. The Morgan fingerprint density at radius 3 is 2.95 bits per heavy atom. The second-order valence-electron chi connectivity index (χ2n) is 5.14. The molecule has 19 heavy (non-hydrogen) atoms. The molecule has 1 fully saturated rings. The van der Waals surface area contributed by atoms with E-state index >= 15 is 0 Å². The minimum Gasteiger partial charge on any atom is -0.484 e. The zero-order valence-electron chi connectivity index (χ0n) is 11.3. The molecular formula is C15H21NO3. The van der Waals surface area contributed by atoms with Gasteiger partial charge in [0.25, 0.3) is 5.91 Å². The topological polar surface area (TPSA) is 58.6 Å². The molecule has 2 rings (SSSR count). The molecule has 1 amide bonds. The molecule has 0 spiro atoms. The summed E-state index contributed by atoms with van der Waals surface area (Å²) < 4.78 is 5.42. The van der Waals surface area contributed by atoms with Crippen LogP contribution in [0.1, 0.15) is 37.9 Å². The monoisotopic (exact) mass is 263 g/mol. The first-order chi connectivity index (χ1) is 9.15. The fourth-order valence-electron chi connectivity index (χ4n) is 2.02. The van der Waals surface area contributed by atoms with Crippen molar-refractivity contribution in [3.8, 4) is 5.75 Å². The van der Waals surface area contributed by atoms with E-state index in [0.29, 0.717) is 11.7 Å². The van der Waals surface area contributed by atoms with Crippen molar-refractivity contribution >= 4 is 5.91 Å². The van der Waals surface area contributed by atoms with E-state index in [4.69, 9.17) is 4.74 Å². The molecule has 4 heteroatoms. The van der Waals surface area contributed by atoms with Gasteiger partial charge in [0, 0.05) is 6.54 Å². The number of carbonyl (C=O) groups is 1. The Labute approximate surface area is 113 Å². The summed E-state index contributed by atoms with van der Waals surface area (Å²) in [7, 11) is 0. The van der Waals surface area contributed by atoms with Gasteiger partial charge in [-0.3, -0.25) is 4.79 Å². The van der Waals surface area contributed by atoms with E-state index < -0.39 is 6.10 Å². The maximum Gasteiger partial charge on any atom is 0.257 e. The van der Waals surface area contributed by atoms with Crippen molar-refractivity contribution in [1.82, 2.24) is 5.32 Å². The van der Waals surface area contributed by atoms with E-state index in [0.717, 1.165) is 12.1 Å². The van der Waals surface area contributed by atoms with Crippen LogP contribution in [0.5, 0.6) is 5.75 Å². The second-order valence-corrected chi connectivity index (χ2v) is 5.14. The van der Waals surface area contributed by atoms with Gasteiger partial charge in [-0.1, -0.05) is 18.6 Å². The smallest absolute Gasteiger partial charge is 0.257 e. The van der Waals surface area contributed by atoms with Gasteiger partial charge in [-0.15, -0.1) is 0 Å². The predicted octanol–water partition coefficient (Wildman–Crippen LogP) is 2.03. The number of aliphatic hydroxyl groups is 1. The number of hydrogen-bond donors (Lipinski definition) is 2. The van der Waals surface area contributed by atoms with Gasteiger partial charge in [-0.05, 0) is 43.4 Å². The van der Waals surface area contributed by atoms with Crippen LogP contribution in [0.3, 0.4) is 0 Å². The molecule has 1 aromatic carbocycles. The van der Waals surface area contributed by atoms with Crippen molar-refractivity contribution in [2.75, 3.05) is 13.2 Å². The number of aliphatic hydroxyl groups excluding tert-OH is 1. The fourth-order valence-corrected chi connectivity index (χ4v) is 2.02. The molecule has 0 saturated heterocycles. The number of nitrogens with one attached hydrogen (secondary N) is 1. The minimum absolute atomic E-state index is 0.0238. The van der Waals surface area contributed by atoms with E-state index in [9.17, 15) is 9.90 Å². The molecule has 0 aromatic heterocycles. The number of amides is 1. The Balaban J connectivity index is 1.74. The van der Waals surface area contributed by atoms with Crippen LogP contribution in [0.2, 0.25) is 0 Å². The Kier molecular flexibility index (Phi) is 4.80. The SMILES string of the molecule is CC(O)c1cccc(OCC(=O)NCC2CCC2)c1. The molecule has 4 nitrogen and oxygen atoms in total. The van der Waals surface area contributed by atoms with Gasteiger partial charge in [0.05, 0.1) is 6.10 Å². The lowest BCUT2D eigenvalue weighted by atomic mass is 9.85. The Hall–Kier alpha value is -1.55. The van der Waals surface area contributed by atoms with Crippen LogP contribution in [-0.4, -0.2) is 24.2 Å². The molecule has 1 aliphatic rings. The number of rotatable bonds is 6.